The van der Waals surface area contributed by atoms with Crippen LogP contribution in [0.5, 0.6) is 0 Å². The maximum Gasteiger partial charge on any atom is 0.190 e. The van der Waals surface area contributed by atoms with Crippen LogP contribution in [0.2, 0.25) is 21.6 Å². The predicted molar refractivity (Wildman–Crippen MR) is 104 cm³/mol. The van der Waals surface area contributed by atoms with Crippen LogP contribution < -0.4 is 0 Å². The van der Waals surface area contributed by atoms with E-state index in [2.05, 4.69) is 50.8 Å². The van der Waals surface area contributed by atoms with Crippen molar-refractivity contribution < 1.29 is 8.42 Å². The van der Waals surface area contributed by atoms with E-state index >= 15 is 0 Å². The molecule has 0 unspecified atom stereocenters. The first-order valence-corrected chi connectivity index (χ1v) is 12.8. The molecule has 0 amide bonds. The first-order chi connectivity index (χ1) is 11.0. The van der Waals surface area contributed by atoms with Crippen LogP contribution in [-0.4, -0.2) is 32.1 Å². The van der Waals surface area contributed by atoms with Crippen LogP contribution in [-0.2, 0) is 9.84 Å². The van der Waals surface area contributed by atoms with E-state index in [0.29, 0.717) is 32.3 Å². The zero-order chi connectivity index (χ0) is 18.4. The Morgan fingerprint density at radius 2 is 1.58 bits per heavy atom. The number of hydrogen-bond donors (Lipinski definition) is 0. The molecule has 0 atom stereocenters. The van der Waals surface area contributed by atoms with Gasteiger partial charge in [0.1, 0.15) is 10.7 Å². The molecule has 0 spiro atoms. The maximum absolute atomic E-state index is 12.6. The summed E-state index contributed by atoms with van der Waals surface area (Å²) >= 11 is 6.35. The van der Waals surface area contributed by atoms with Gasteiger partial charge in [-0.3, -0.25) is 0 Å². The van der Waals surface area contributed by atoms with Gasteiger partial charge >= 0.3 is 0 Å². The van der Waals surface area contributed by atoms with Gasteiger partial charge in [0.15, 0.2) is 18.1 Å². The maximum atomic E-state index is 12.6. The molecule has 0 aliphatic carbocycles. The molecule has 0 aliphatic rings. The molecule has 0 aliphatic heterocycles. The summed E-state index contributed by atoms with van der Waals surface area (Å²) in [6.45, 7) is 13.2. The first-order valence-electron chi connectivity index (χ1n) is 8.32. The molecular weight excluding hydrogens is 360 g/mol. The van der Waals surface area contributed by atoms with Crippen LogP contribution in [0, 0.1) is 0 Å². The molecule has 0 bridgehead atoms. The lowest BCUT2D eigenvalue weighted by Crippen LogP contribution is -2.53. The summed E-state index contributed by atoms with van der Waals surface area (Å²) in [6, 6.07) is 3.42. The molecule has 2 aromatic heterocycles. The average Bonchev–Trinajstić information content (AvgIpc) is 2.80. The number of halogens is 1. The number of nitrogens with zero attached hydrogens (tertiary/aromatic N) is 2. The molecule has 4 nitrogen and oxygen atoms in total. The summed E-state index contributed by atoms with van der Waals surface area (Å²) in [4.78, 5) is 4.54. The third-order valence-electron chi connectivity index (χ3n) is 5.16. The Morgan fingerprint density at radius 3 is 2.00 bits per heavy atom. The summed E-state index contributed by atoms with van der Waals surface area (Å²) in [7, 11) is -5.67. The minimum atomic E-state index is -3.40. The Hall–Kier alpha value is -0.853. The van der Waals surface area contributed by atoms with Gasteiger partial charge in [0, 0.05) is 17.8 Å². The Bertz CT molecular complexity index is 835. The summed E-state index contributed by atoms with van der Waals surface area (Å²) in [5.74, 6) is 0. The molecule has 0 saturated heterocycles. The van der Waals surface area contributed by atoms with Crippen molar-refractivity contribution in [1.29, 1.82) is 0 Å². The second-order valence-electron chi connectivity index (χ2n) is 7.47. The van der Waals surface area contributed by atoms with Crippen LogP contribution in [0.1, 0.15) is 41.5 Å². The van der Waals surface area contributed by atoms with Crippen molar-refractivity contribution in [2.75, 3.05) is 6.26 Å². The SMILES string of the molecule is CC(C)[Si](C(C)C)(C(C)C)n1c(S(C)(=O)=O)cc2c(Cl)ccnc21. The summed E-state index contributed by atoms with van der Waals surface area (Å²) in [5, 5.41) is 1.61. The van der Waals surface area contributed by atoms with E-state index in [9.17, 15) is 8.42 Å². The summed E-state index contributed by atoms with van der Waals surface area (Å²) in [5.41, 5.74) is 1.77. The van der Waals surface area contributed by atoms with E-state index in [0.717, 1.165) is 5.39 Å². The van der Waals surface area contributed by atoms with Crippen LogP contribution >= 0.6 is 11.6 Å². The zero-order valence-corrected chi connectivity index (χ0v) is 18.0. The van der Waals surface area contributed by atoms with E-state index in [4.69, 9.17) is 11.6 Å². The number of aromatic nitrogens is 2. The largest absolute Gasteiger partial charge is 0.343 e. The third-order valence-corrected chi connectivity index (χ3v) is 13.5. The van der Waals surface area contributed by atoms with Crippen LogP contribution in [0.25, 0.3) is 11.0 Å². The van der Waals surface area contributed by atoms with E-state index in [1.54, 1.807) is 18.3 Å². The summed E-state index contributed by atoms with van der Waals surface area (Å²) < 4.78 is 27.2. The highest BCUT2D eigenvalue weighted by atomic mass is 35.5. The van der Waals surface area contributed by atoms with Gasteiger partial charge in [-0.25, -0.2) is 13.4 Å². The summed E-state index contributed by atoms with van der Waals surface area (Å²) in [6.07, 6.45) is 2.93. The van der Waals surface area contributed by atoms with Gasteiger partial charge in [0.25, 0.3) is 0 Å². The fourth-order valence-corrected chi connectivity index (χ4v) is 12.9. The zero-order valence-electron chi connectivity index (χ0n) is 15.5. The Morgan fingerprint density at radius 1 is 1.08 bits per heavy atom. The molecule has 0 saturated carbocycles. The smallest absolute Gasteiger partial charge is 0.190 e. The van der Waals surface area contributed by atoms with Gasteiger partial charge in [-0.2, -0.15) is 0 Å². The highest BCUT2D eigenvalue weighted by Crippen LogP contribution is 2.46. The van der Waals surface area contributed by atoms with Crippen LogP contribution in [0.3, 0.4) is 0 Å². The molecular formula is C17H27ClN2O2SSi. The molecule has 0 radical (unpaired) electrons. The fraction of sp³-hybridized carbons (Fsp3) is 0.588. The molecule has 0 fully saturated rings. The van der Waals surface area contributed by atoms with Gasteiger partial charge in [-0.15, -0.1) is 0 Å². The molecule has 0 N–H and O–H groups in total. The van der Waals surface area contributed by atoms with Crippen molar-refractivity contribution in [1.82, 2.24) is 9.22 Å². The van der Waals surface area contributed by atoms with E-state index in [1.165, 1.54) is 6.26 Å². The highest BCUT2D eigenvalue weighted by Gasteiger charge is 2.48. The van der Waals surface area contributed by atoms with Crippen molar-refractivity contribution in [3.63, 3.8) is 0 Å². The van der Waals surface area contributed by atoms with Crippen LogP contribution in [0.15, 0.2) is 23.4 Å². The third kappa shape index (κ3) is 2.82. The van der Waals surface area contributed by atoms with Gasteiger partial charge in [0.2, 0.25) is 0 Å². The number of rotatable bonds is 5. The van der Waals surface area contributed by atoms with Crippen molar-refractivity contribution >= 4 is 40.7 Å². The minimum Gasteiger partial charge on any atom is -0.343 e. The van der Waals surface area contributed by atoms with Crippen molar-refractivity contribution in [2.45, 2.75) is 63.2 Å². The number of fused-ring (bicyclic) bond motifs is 1. The minimum absolute atomic E-state index is 0.348. The van der Waals surface area contributed by atoms with Crippen molar-refractivity contribution in [3.8, 4) is 0 Å². The lowest BCUT2D eigenvalue weighted by atomic mass is 10.3. The molecule has 7 heteroatoms. The molecule has 24 heavy (non-hydrogen) atoms. The quantitative estimate of drug-likeness (QED) is 0.670. The van der Waals surface area contributed by atoms with Gasteiger partial charge in [-0.05, 0) is 28.8 Å². The molecule has 2 aromatic rings. The van der Waals surface area contributed by atoms with Crippen molar-refractivity contribution in [2.24, 2.45) is 0 Å². The van der Waals surface area contributed by atoms with E-state index < -0.39 is 18.1 Å². The molecule has 0 aromatic carbocycles. The number of pyridine rings is 1. The fourth-order valence-electron chi connectivity index (χ4n) is 4.47. The van der Waals surface area contributed by atoms with Gasteiger partial charge in [0.05, 0.1) is 5.02 Å². The topological polar surface area (TPSA) is 52.0 Å². The van der Waals surface area contributed by atoms with Crippen molar-refractivity contribution in [3.05, 3.63) is 23.4 Å². The lowest BCUT2D eigenvalue weighted by Gasteiger charge is -2.45. The lowest BCUT2D eigenvalue weighted by molar-refractivity contribution is 0.595. The normalized spacial score (nSPS) is 13.6. The second kappa shape index (κ2) is 6.46. The standard InChI is InChI=1S/C17H27ClN2O2SSi/c1-11(2)24(12(3)4,13(5)6)20-16(23(7,21)22)10-14-15(18)8-9-19-17(14)20/h8-13H,1-7H3. The number of sulfone groups is 1. The molecule has 2 rings (SSSR count). The first kappa shape index (κ1) is 19.5. The predicted octanol–water partition coefficient (Wildman–Crippen LogP) is 5.12. The van der Waals surface area contributed by atoms with Gasteiger partial charge < -0.3 is 4.23 Å². The Balaban J connectivity index is 3.10. The van der Waals surface area contributed by atoms with E-state index in [-0.39, 0.29) is 0 Å². The van der Waals surface area contributed by atoms with Gasteiger partial charge in [-0.1, -0.05) is 53.1 Å². The monoisotopic (exact) mass is 386 g/mol. The van der Waals surface area contributed by atoms with Crippen LogP contribution in [0.4, 0.5) is 0 Å². The Kier molecular flexibility index (Phi) is 5.24. The number of hydrogen-bond acceptors (Lipinski definition) is 3. The average molecular weight is 387 g/mol. The van der Waals surface area contributed by atoms with E-state index in [1.807, 2.05) is 0 Å². The second-order valence-corrected chi connectivity index (χ2v) is 15.5. The molecule has 2 heterocycles. The molecule has 134 valence electrons. The highest BCUT2D eigenvalue weighted by molar-refractivity contribution is 7.90. The Labute approximate surface area is 151 Å².